The zero-order valence-corrected chi connectivity index (χ0v) is 24.3. The van der Waals surface area contributed by atoms with Crippen LogP contribution in [0.15, 0.2) is 36.7 Å². The summed E-state index contributed by atoms with van der Waals surface area (Å²) in [6.45, 7) is 8.63. The van der Waals surface area contributed by atoms with Gasteiger partial charge in [-0.05, 0) is 87.6 Å². The van der Waals surface area contributed by atoms with E-state index in [1.807, 2.05) is 18.5 Å². The fraction of sp³-hybridized carbons (Fsp3) is 0.576. The van der Waals surface area contributed by atoms with Gasteiger partial charge >= 0.3 is 0 Å². The molecule has 0 bridgehead atoms. The first-order chi connectivity index (χ1) is 19.7. The number of anilines is 2. The van der Waals surface area contributed by atoms with Crippen LogP contribution in [0.25, 0.3) is 10.9 Å². The molecule has 2 aliphatic heterocycles. The minimum Gasteiger partial charge on any atom is -0.493 e. The molecule has 0 radical (unpaired) electrons. The molecule has 1 aromatic carbocycles. The van der Waals surface area contributed by atoms with E-state index in [-0.39, 0.29) is 0 Å². The average molecular weight is 544 g/mol. The molecule has 3 aliphatic rings. The number of hydrogen-bond donors (Lipinski definition) is 1. The predicted octanol–water partition coefficient (Wildman–Crippen LogP) is 6.10. The summed E-state index contributed by atoms with van der Waals surface area (Å²) in [7, 11) is 1.75. The zero-order chi connectivity index (χ0) is 27.3. The zero-order valence-electron chi connectivity index (χ0n) is 24.3. The van der Waals surface area contributed by atoms with Crippen LogP contribution >= 0.6 is 0 Å². The molecule has 7 nitrogen and oxygen atoms in total. The van der Waals surface area contributed by atoms with Crippen molar-refractivity contribution in [2.45, 2.75) is 70.8 Å². The SMILES string of the molecule is COc1cc2c(NC3CCN(c4cccnc4)CC3)c3c(nc2cc1OCCCN1CCC(C)C1)CCCCC3. The van der Waals surface area contributed by atoms with Crippen molar-refractivity contribution in [2.24, 2.45) is 5.92 Å². The second-order valence-electron chi connectivity index (χ2n) is 12.0. The van der Waals surface area contributed by atoms with Crippen molar-refractivity contribution in [3.8, 4) is 11.5 Å². The Morgan fingerprint density at radius 2 is 1.90 bits per heavy atom. The highest BCUT2D eigenvalue weighted by atomic mass is 16.5. The monoisotopic (exact) mass is 543 g/mol. The molecule has 40 heavy (non-hydrogen) atoms. The lowest BCUT2D eigenvalue weighted by molar-refractivity contribution is 0.251. The van der Waals surface area contributed by atoms with Crippen LogP contribution in [0, 0.1) is 5.92 Å². The minimum atomic E-state index is 0.432. The third-order valence-corrected chi connectivity index (χ3v) is 9.04. The van der Waals surface area contributed by atoms with Gasteiger partial charge in [-0.15, -0.1) is 0 Å². The second kappa shape index (κ2) is 12.6. The van der Waals surface area contributed by atoms with Crippen molar-refractivity contribution in [3.05, 3.63) is 47.9 Å². The predicted molar refractivity (Wildman–Crippen MR) is 163 cm³/mol. The van der Waals surface area contributed by atoms with E-state index < -0.39 is 0 Å². The quantitative estimate of drug-likeness (QED) is 0.258. The molecule has 3 aromatic rings. The lowest BCUT2D eigenvalue weighted by atomic mass is 9.98. The Balaban J connectivity index is 1.21. The Morgan fingerprint density at radius 1 is 1.02 bits per heavy atom. The van der Waals surface area contributed by atoms with Crippen molar-refractivity contribution < 1.29 is 9.47 Å². The summed E-state index contributed by atoms with van der Waals surface area (Å²) in [5.41, 5.74) is 6.18. The van der Waals surface area contributed by atoms with Gasteiger partial charge in [0, 0.05) is 61.3 Å². The van der Waals surface area contributed by atoms with Crippen LogP contribution in [0.4, 0.5) is 11.4 Å². The molecule has 214 valence electrons. The highest BCUT2D eigenvalue weighted by molar-refractivity contribution is 5.96. The average Bonchev–Trinajstić information content (AvgIpc) is 3.26. The third kappa shape index (κ3) is 6.14. The van der Waals surface area contributed by atoms with E-state index in [0.717, 1.165) is 80.1 Å². The summed E-state index contributed by atoms with van der Waals surface area (Å²) in [4.78, 5) is 14.5. The molecule has 0 amide bonds. The van der Waals surface area contributed by atoms with Gasteiger partial charge in [0.1, 0.15) is 0 Å². The van der Waals surface area contributed by atoms with Gasteiger partial charge in [0.15, 0.2) is 11.5 Å². The molecule has 1 N–H and O–H groups in total. The van der Waals surface area contributed by atoms with Crippen LogP contribution in [0.1, 0.15) is 63.1 Å². The van der Waals surface area contributed by atoms with Gasteiger partial charge < -0.3 is 24.6 Å². The van der Waals surface area contributed by atoms with Crippen molar-refractivity contribution in [1.29, 1.82) is 0 Å². The maximum absolute atomic E-state index is 6.31. The van der Waals surface area contributed by atoms with E-state index in [9.17, 15) is 0 Å². The molecule has 6 rings (SSSR count). The molecular formula is C33H45N5O2. The number of hydrogen-bond acceptors (Lipinski definition) is 7. The number of aryl methyl sites for hydroxylation is 1. The van der Waals surface area contributed by atoms with Gasteiger partial charge in [0.05, 0.1) is 31.1 Å². The van der Waals surface area contributed by atoms with Crippen molar-refractivity contribution >= 4 is 22.3 Å². The molecule has 2 fully saturated rings. The van der Waals surface area contributed by atoms with E-state index in [4.69, 9.17) is 14.5 Å². The second-order valence-corrected chi connectivity index (χ2v) is 12.0. The number of rotatable bonds is 9. The lowest BCUT2D eigenvalue weighted by Gasteiger charge is -2.35. The molecule has 2 saturated heterocycles. The molecule has 1 aliphatic carbocycles. The lowest BCUT2D eigenvalue weighted by Crippen LogP contribution is -2.39. The smallest absolute Gasteiger partial charge is 0.163 e. The van der Waals surface area contributed by atoms with Crippen LogP contribution < -0.4 is 19.7 Å². The summed E-state index contributed by atoms with van der Waals surface area (Å²) in [5.74, 6) is 2.42. The number of methoxy groups -OCH3 is 1. The number of fused-ring (bicyclic) bond motifs is 2. The topological polar surface area (TPSA) is 62.8 Å². The van der Waals surface area contributed by atoms with Crippen molar-refractivity contribution in [3.63, 3.8) is 0 Å². The first kappa shape index (κ1) is 27.1. The first-order valence-electron chi connectivity index (χ1n) is 15.5. The van der Waals surface area contributed by atoms with Gasteiger partial charge in [-0.25, -0.2) is 0 Å². The Bertz CT molecular complexity index is 1280. The number of ether oxygens (including phenoxy) is 2. The molecule has 4 heterocycles. The summed E-state index contributed by atoms with van der Waals surface area (Å²) < 4.78 is 12.2. The number of nitrogens with one attached hydrogen (secondary N) is 1. The highest BCUT2D eigenvalue weighted by Crippen LogP contribution is 2.40. The van der Waals surface area contributed by atoms with Crippen LogP contribution in [0.5, 0.6) is 11.5 Å². The fourth-order valence-corrected chi connectivity index (χ4v) is 6.77. The van der Waals surface area contributed by atoms with Crippen LogP contribution in [0.3, 0.4) is 0 Å². The van der Waals surface area contributed by atoms with Crippen LogP contribution in [-0.2, 0) is 12.8 Å². The molecule has 7 heteroatoms. The molecule has 1 unspecified atom stereocenters. The molecule has 2 aromatic heterocycles. The Morgan fingerprint density at radius 3 is 2.67 bits per heavy atom. The third-order valence-electron chi connectivity index (χ3n) is 9.04. The summed E-state index contributed by atoms with van der Waals surface area (Å²) in [5, 5.41) is 5.18. The molecular weight excluding hydrogens is 498 g/mol. The standard InChI is InChI=1S/C33H45N5O2/c1-24-11-16-37(23-24)15-7-19-40-32-21-30-28(20-31(32)39-2)33(27-9-4-3-5-10-29(27)36-30)35-25-12-17-38(18-13-25)26-8-6-14-34-22-26/h6,8,14,20-22,24-25H,3-5,7,9-13,15-19,23H2,1-2H3,(H,35,36). The van der Waals surface area contributed by atoms with Gasteiger partial charge in [-0.2, -0.15) is 0 Å². The molecule has 0 saturated carbocycles. The fourth-order valence-electron chi connectivity index (χ4n) is 6.77. The number of aromatic nitrogens is 2. The van der Waals surface area contributed by atoms with E-state index in [1.165, 1.54) is 61.4 Å². The van der Waals surface area contributed by atoms with Crippen molar-refractivity contribution in [2.75, 3.05) is 56.7 Å². The summed E-state index contributed by atoms with van der Waals surface area (Å²) in [6.07, 6.45) is 14.2. The number of likely N-dealkylation sites (tertiary alicyclic amines) is 1. The Hall–Kier alpha value is -3.06. The normalized spacial score (nSPS) is 20.4. The summed E-state index contributed by atoms with van der Waals surface area (Å²) >= 11 is 0. The maximum atomic E-state index is 6.31. The van der Waals surface area contributed by atoms with Gasteiger partial charge in [0.2, 0.25) is 0 Å². The van der Waals surface area contributed by atoms with Crippen LogP contribution in [0.2, 0.25) is 0 Å². The van der Waals surface area contributed by atoms with Gasteiger partial charge in [0.25, 0.3) is 0 Å². The van der Waals surface area contributed by atoms with E-state index in [1.54, 1.807) is 7.11 Å². The molecule has 1 atom stereocenters. The van der Waals surface area contributed by atoms with E-state index in [0.29, 0.717) is 12.6 Å². The van der Waals surface area contributed by atoms with E-state index >= 15 is 0 Å². The van der Waals surface area contributed by atoms with Crippen LogP contribution in [-0.4, -0.2) is 67.4 Å². The minimum absolute atomic E-state index is 0.432. The van der Waals surface area contributed by atoms with Gasteiger partial charge in [-0.1, -0.05) is 13.3 Å². The number of benzene rings is 1. The first-order valence-corrected chi connectivity index (χ1v) is 15.5. The Kier molecular flexibility index (Phi) is 8.57. The number of piperidine rings is 1. The van der Waals surface area contributed by atoms with E-state index in [2.05, 4.69) is 45.2 Å². The highest BCUT2D eigenvalue weighted by Gasteiger charge is 2.25. The van der Waals surface area contributed by atoms with Gasteiger partial charge in [-0.3, -0.25) is 9.97 Å². The number of pyridine rings is 2. The Labute approximate surface area is 239 Å². The maximum Gasteiger partial charge on any atom is 0.163 e. The number of nitrogens with zero attached hydrogens (tertiary/aromatic N) is 4. The van der Waals surface area contributed by atoms with Crippen molar-refractivity contribution in [1.82, 2.24) is 14.9 Å². The summed E-state index contributed by atoms with van der Waals surface area (Å²) in [6, 6.07) is 8.90. The molecule has 0 spiro atoms. The largest absolute Gasteiger partial charge is 0.493 e.